The van der Waals surface area contributed by atoms with Gasteiger partial charge >= 0.3 is 0 Å². The molecule has 0 spiro atoms. The predicted molar refractivity (Wildman–Crippen MR) is 53.6 cm³/mol. The van der Waals surface area contributed by atoms with Crippen LogP contribution >= 0.6 is 0 Å². The number of hydrogen-bond donors (Lipinski definition) is 0. The molecule has 80 valence electrons. The van der Waals surface area contributed by atoms with Crippen molar-refractivity contribution >= 4 is 0 Å². The van der Waals surface area contributed by atoms with Gasteiger partial charge in [0.25, 0.3) is 0 Å². The Morgan fingerprint density at radius 3 is 3.07 bits per heavy atom. The van der Waals surface area contributed by atoms with Crippen LogP contribution in [0.5, 0.6) is 0 Å². The van der Waals surface area contributed by atoms with E-state index in [4.69, 9.17) is 4.74 Å². The minimum absolute atomic E-state index is 0.0911. The lowest BCUT2D eigenvalue weighted by Crippen LogP contribution is -2.14. The molecule has 0 aromatic carbocycles. The van der Waals surface area contributed by atoms with Crippen molar-refractivity contribution in [2.75, 3.05) is 0 Å². The van der Waals surface area contributed by atoms with Crippen molar-refractivity contribution in [3.8, 4) is 0 Å². The van der Waals surface area contributed by atoms with E-state index in [-0.39, 0.29) is 5.60 Å². The summed E-state index contributed by atoms with van der Waals surface area (Å²) in [6, 6.07) is 0. The number of hydrogen-bond acceptors (Lipinski definition) is 2. The van der Waals surface area contributed by atoms with Crippen LogP contribution < -0.4 is 5.11 Å². The van der Waals surface area contributed by atoms with Gasteiger partial charge in [0.1, 0.15) is 0 Å². The number of epoxide rings is 1. The van der Waals surface area contributed by atoms with Gasteiger partial charge in [-0.25, -0.2) is 0 Å². The van der Waals surface area contributed by atoms with E-state index < -0.39 is 0 Å². The zero-order chi connectivity index (χ0) is 10.2. The van der Waals surface area contributed by atoms with E-state index in [1.54, 1.807) is 0 Å². The summed E-state index contributed by atoms with van der Waals surface area (Å²) in [7, 11) is 0. The molecule has 1 heterocycles. The van der Waals surface area contributed by atoms with Crippen molar-refractivity contribution in [2.24, 2.45) is 5.92 Å². The van der Waals surface area contributed by atoms with E-state index in [1.165, 1.54) is 0 Å². The summed E-state index contributed by atoms with van der Waals surface area (Å²) < 4.78 is 5.69. The highest BCUT2D eigenvalue weighted by Crippen LogP contribution is 2.44. The van der Waals surface area contributed by atoms with Crippen LogP contribution in [-0.4, -0.2) is 11.7 Å². The van der Waals surface area contributed by atoms with Crippen LogP contribution in [0.15, 0.2) is 11.8 Å². The van der Waals surface area contributed by atoms with Gasteiger partial charge in [-0.05, 0) is 44.9 Å². The molecule has 2 rings (SSSR count). The Hall–Kier alpha value is -0.500. The third-order valence-corrected chi connectivity index (χ3v) is 3.52. The first-order chi connectivity index (χ1) is 6.60. The summed E-state index contributed by atoms with van der Waals surface area (Å²) >= 11 is 0. The Kier molecular flexibility index (Phi) is 2.56. The third-order valence-electron chi connectivity index (χ3n) is 3.52. The lowest BCUT2D eigenvalue weighted by Gasteiger charge is -2.19. The third kappa shape index (κ3) is 2.11. The first kappa shape index (κ1) is 10.0. The van der Waals surface area contributed by atoms with Crippen LogP contribution in [0.3, 0.4) is 0 Å². The molecule has 0 radical (unpaired) electrons. The van der Waals surface area contributed by atoms with E-state index in [1.807, 2.05) is 6.08 Å². The van der Waals surface area contributed by atoms with Crippen LogP contribution in [0, 0.1) is 5.92 Å². The van der Waals surface area contributed by atoms with Gasteiger partial charge in [-0.2, -0.15) is 0 Å². The zero-order valence-corrected chi connectivity index (χ0v) is 9.08. The lowest BCUT2D eigenvalue weighted by molar-refractivity contribution is -0.308. The van der Waals surface area contributed by atoms with E-state index >= 15 is 0 Å². The minimum atomic E-state index is 0.0911. The molecular formula is C12H19O2-. The normalized spacial score (nSPS) is 47.4. The molecule has 0 aromatic heterocycles. The fourth-order valence-corrected chi connectivity index (χ4v) is 2.36. The Balaban J connectivity index is 1.99. The van der Waals surface area contributed by atoms with Crippen LogP contribution in [0.25, 0.3) is 0 Å². The summed E-state index contributed by atoms with van der Waals surface area (Å²) in [5.74, 6) is 0.838. The van der Waals surface area contributed by atoms with Gasteiger partial charge in [0.05, 0.1) is 11.7 Å². The van der Waals surface area contributed by atoms with E-state index in [0.717, 1.165) is 32.1 Å². The molecule has 0 bridgehead atoms. The molecule has 0 saturated carbocycles. The second-order valence-electron chi connectivity index (χ2n) is 5.01. The van der Waals surface area contributed by atoms with Crippen molar-refractivity contribution in [1.82, 2.24) is 0 Å². The van der Waals surface area contributed by atoms with Gasteiger partial charge in [-0.15, -0.1) is 5.76 Å². The second-order valence-corrected chi connectivity index (χ2v) is 5.01. The van der Waals surface area contributed by atoms with Crippen molar-refractivity contribution in [1.29, 1.82) is 0 Å². The summed E-state index contributed by atoms with van der Waals surface area (Å²) in [5, 5.41) is 11.4. The Morgan fingerprint density at radius 1 is 1.50 bits per heavy atom. The molecule has 14 heavy (non-hydrogen) atoms. The quantitative estimate of drug-likeness (QED) is 0.554. The average molecular weight is 195 g/mol. The molecule has 1 unspecified atom stereocenters. The van der Waals surface area contributed by atoms with Gasteiger partial charge in [0.15, 0.2) is 0 Å². The van der Waals surface area contributed by atoms with Crippen LogP contribution in [0.1, 0.15) is 46.0 Å². The summed E-state index contributed by atoms with van der Waals surface area (Å²) in [6.07, 6.45) is 7.20. The number of rotatable bonds is 0. The highest BCUT2D eigenvalue weighted by Gasteiger charge is 2.50. The highest BCUT2D eigenvalue weighted by atomic mass is 16.6. The van der Waals surface area contributed by atoms with Gasteiger partial charge in [0, 0.05) is 0 Å². The molecule has 1 aliphatic heterocycles. The van der Waals surface area contributed by atoms with Crippen molar-refractivity contribution < 1.29 is 9.84 Å². The van der Waals surface area contributed by atoms with Gasteiger partial charge in [-0.3, -0.25) is 0 Å². The van der Waals surface area contributed by atoms with E-state index in [2.05, 4.69) is 13.8 Å². The number of fused-ring (bicyclic) bond motifs is 1. The van der Waals surface area contributed by atoms with Gasteiger partial charge in [-0.1, -0.05) is 13.0 Å². The smallest absolute Gasteiger partial charge is 0.0923 e. The van der Waals surface area contributed by atoms with Crippen molar-refractivity contribution in [2.45, 2.75) is 57.7 Å². The molecule has 0 aromatic rings. The minimum Gasteiger partial charge on any atom is -0.876 e. The average Bonchev–Trinajstić information content (AvgIpc) is 2.73. The highest BCUT2D eigenvalue weighted by molar-refractivity contribution is 5.03. The number of ether oxygens (including phenoxy) is 1. The molecular weight excluding hydrogens is 176 g/mol. The van der Waals surface area contributed by atoms with E-state index in [0.29, 0.717) is 17.8 Å². The first-order valence-corrected chi connectivity index (χ1v) is 5.64. The van der Waals surface area contributed by atoms with Gasteiger partial charge < -0.3 is 9.84 Å². The van der Waals surface area contributed by atoms with Crippen LogP contribution in [-0.2, 0) is 4.74 Å². The summed E-state index contributed by atoms with van der Waals surface area (Å²) in [5.41, 5.74) is 0.0911. The van der Waals surface area contributed by atoms with Crippen LogP contribution in [0.2, 0.25) is 0 Å². The maximum Gasteiger partial charge on any atom is 0.0923 e. The molecule has 2 nitrogen and oxygen atoms in total. The largest absolute Gasteiger partial charge is 0.876 e. The summed E-state index contributed by atoms with van der Waals surface area (Å²) in [6.45, 7) is 4.33. The molecule has 2 heteroatoms. The Labute approximate surface area is 86.0 Å². The standard InChI is InChI=1S/C12H20O2/c1-9-5-6-11-12(2,14-11)7-3-4-10(13)8-9/h4,9,11,13H,3,5-8H2,1-2H3/p-1/b10-4-/t9?,11-,12-/m1/s1. The SMILES string of the molecule is CC1CC[C@H]2O[C@]2(C)CC/C=C(\[O-])C1. The first-order valence-electron chi connectivity index (χ1n) is 5.64. The maximum atomic E-state index is 11.4. The molecule has 1 aliphatic carbocycles. The van der Waals surface area contributed by atoms with Crippen LogP contribution in [0.4, 0.5) is 0 Å². The van der Waals surface area contributed by atoms with E-state index in [9.17, 15) is 5.11 Å². The molecule has 1 fully saturated rings. The summed E-state index contributed by atoms with van der Waals surface area (Å²) in [4.78, 5) is 0. The maximum absolute atomic E-state index is 11.4. The Bertz CT molecular complexity index is 247. The number of allylic oxidation sites excluding steroid dienone is 2. The lowest BCUT2D eigenvalue weighted by atomic mass is 9.91. The molecule has 0 amide bonds. The topological polar surface area (TPSA) is 35.6 Å². The van der Waals surface area contributed by atoms with Crippen molar-refractivity contribution in [3.05, 3.63) is 11.8 Å². The fourth-order valence-electron chi connectivity index (χ4n) is 2.36. The van der Waals surface area contributed by atoms with Crippen molar-refractivity contribution in [3.63, 3.8) is 0 Å². The predicted octanol–water partition coefficient (Wildman–Crippen LogP) is 1.99. The molecule has 3 atom stereocenters. The molecule has 2 aliphatic rings. The second kappa shape index (κ2) is 3.58. The van der Waals surface area contributed by atoms with Gasteiger partial charge in [0.2, 0.25) is 0 Å². The zero-order valence-electron chi connectivity index (χ0n) is 9.08. The Morgan fingerprint density at radius 2 is 2.29 bits per heavy atom. The molecule has 1 saturated heterocycles. The fraction of sp³-hybridized carbons (Fsp3) is 0.833. The monoisotopic (exact) mass is 195 g/mol. The molecule has 0 N–H and O–H groups in total.